The van der Waals surface area contributed by atoms with Crippen LogP contribution in [0.2, 0.25) is 0 Å². The molecule has 0 aromatic carbocycles. The van der Waals surface area contributed by atoms with Crippen molar-refractivity contribution in [1.82, 2.24) is 10.2 Å². The lowest BCUT2D eigenvalue weighted by Gasteiger charge is -2.31. The maximum atomic E-state index is 10.5. The number of hydrogen-bond acceptors (Lipinski definition) is 3. The molecule has 13 heavy (non-hydrogen) atoms. The van der Waals surface area contributed by atoms with Gasteiger partial charge in [-0.3, -0.25) is 0 Å². The van der Waals surface area contributed by atoms with Gasteiger partial charge in [0, 0.05) is 12.6 Å². The molecule has 1 aliphatic heterocycles. The van der Waals surface area contributed by atoms with Gasteiger partial charge < -0.3 is 14.8 Å². The molecule has 78 valence electrons. The van der Waals surface area contributed by atoms with Crippen molar-refractivity contribution in [1.29, 1.82) is 0 Å². The van der Waals surface area contributed by atoms with Crippen molar-refractivity contribution in [3.05, 3.63) is 0 Å². The van der Waals surface area contributed by atoms with E-state index in [-0.39, 0.29) is 0 Å². The fourth-order valence-electron chi connectivity index (χ4n) is 1.65. The summed E-state index contributed by atoms with van der Waals surface area (Å²) >= 11 is -1.65. The van der Waals surface area contributed by atoms with E-state index in [9.17, 15) is 4.21 Å². The molecule has 0 amide bonds. The molecule has 0 aromatic rings. The van der Waals surface area contributed by atoms with Crippen molar-refractivity contribution < 1.29 is 8.76 Å². The Bertz CT molecular complexity index is 172. The Kier molecular flexibility index (Phi) is 4.87. The fourth-order valence-corrected chi connectivity index (χ4v) is 2.10. The van der Waals surface area contributed by atoms with Crippen molar-refractivity contribution in [2.24, 2.45) is 0 Å². The van der Waals surface area contributed by atoms with Crippen molar-refractivity contribution in [3.63, 3.8) is 0 Å². The van der Waals surface area contributed by atoms with Gasteiger partial charge in [0.15, 0.2) is 11.1 Å². The van der Waals surface area contributed by atoms with Gasteiger partial charge in [0.2, 0.25) is 0 Å². The largest absolute Gasteiger partial charge is 0.317 e. The average Bonchev–Trinajstić information content (AvgIpc) is 2.15. The minimum absolute atomic E-state index is 0.362. The van der Waals surface area contributed by atoms with Crippen molar-refractivity contribution in [3.8, 4) is 0 Å². The van der Waals surface area contributed by atoms with Crippen LogP contribution in [0.3, 0.4) is 0 Å². The number of piperidine rings is 1. The Morgan fingerprint density at radius 1 is 1.54 bits per heavy atom. The second-order valence-corrected chi connectivity index (χ2v) is 4.54. The van der Waals surface area contributed by atoms with E-state index < -0.39 is 11.1 Å². The molecule has 0 saturated carbocycles. The van der Waals surface area contributed by atoms with Crippen LogP contribution in [0.4, 0.5) is 0 Å². The minimum atomic E-state index is -1.65. The molecule has 1 aliphatic rings. The van der Waals surface area contributed by atoms with E-state index in [1.807, 2.05) is 7.05 Å². The SMILES string of the molecule is CN(CCS(=O)O)C1CCNCC1. The summed E-state index contributed by atoms with van der Waals surface area (Å²) in [5.74, 6) is 0.362. The quantitative estimate of drug-likeness (QED) is 0.630. The predicted octanol–water partition coefficient (Wildman–Crippen LogP) is -0.108. The van der Waals surface area contributed by atoms with Crippen LogP contribution in [-0.2, 0) is 11.1 Å². The van der Waals surface area contributed by atoms with Crippen molar-refractivity contribution in [2.45, 2.75) is 18.9 Å². The number of rotatable bonds is 4. The third kappa shape index (κ3) is 4.17. The summed E-state index contributed by atoms with van der Waals surface area (Å²) in [5, 5.41) is 3.30. The third-order valence-corrected chi connectivity index (χ3v) is 3.08. The molecule has 1 atom stereocenters. The van der Waals surface area contributed by atoms with E-state index in [2.05, 4.69) is 10.2 Å². The summed E-state index contributed by atoms with van der Waals surface area (Å²) in [5.41, 5.74) is 0. The van der Waals surface area contributed by atoms with Crippen molar-refractivity contribution >= 4 is 11.1 Å². The predicted molar refractivity (Wildman–Crippen MR) is 54.2 cm³/mol. The molecule has 1 saturated heterocycles. The molecule has 4 nitrogen and oxygen atoms in total. The van der Waals surface area contributed by atoms with Crippen LogP contribution in [0.25, 0.3) is 0 Å². The molecule has 5 heteroatoms. The van der Waals surface area contributed by atoms with Crippen LogP contribution >= 0.6 is 0 Å². The molecular formula is C8H18N2O2S. The second kappa shape index (κ2) is 5.70. The first-order valence-electron chi connectivity index (χ1n) is 4.68. The Morgan fingerprint density at radius 2 is 2.15 bits per heavy atom. The Hall–Kier alpha value is 0.0300. The maximum absolute atomic E-state index is 10.5. The highest BCUT2D eigenvalue weighted by atomic mass is 32.2. The highest BCUT2D eigenvalue weighted by molar-refractivity contribution is 7.79. The summed E-state index contributed by atoms with van der Waals surface area (Å²) in [4.78, 5) is 2.19. The highest BCUT2D eigenvalue weighted by Crippen LogP contribution is 2.08. The normalized spacial score (nSPS) is 22.1. The summed E-state index contributed by atoms with van der Waals surface area (Å²) in [6.07, 6.45) is 2.29. The molecule has 1 fully saturated rings. The van der Waals surface area contributed by atoms with E-state index in [0.717, 1.165) is 25.9 Å². The van der Waals surface area contributed by atoms with Gasteiger partial charge in [-0.2, -0.15) is 0 Å². The van der Waals surface area contributed by atoms with Gasteiger partial charge in [-0.05, 0) is 33.0 Å². The van der Waals surface area contributed by atoms with Crippen LogP contribution < -0.4 is 5.32 Å². The Labute approximate surface area is 82.0 Å². The molecule has 0 spiro atoms. The second-order valence-electron chi connectivity index (χ2n) is 3.49. The lowest BCUT2D eigenvalue weighted by Crippen LogP contribution is -2.42. The minimum Gasteiger partial charge on any atom is -0.317 e. The van der Waals surface area contributed by atoms with Crippen LogP contribution in [-0.4, -0.2) is 52.1 Å². The smallest absolute Gasteiger partial charge is 0.154 e. The molecule has 2 N–H and O–H groups in total. The number of nitrogens with one attached hydrogen (secondary N) is 1. The van der Waals surface area contributed by atoms with Gasteiger partial charge in [0.25, 0.3) is 0 Å². The third-order valence-electron chi connectivity index (χ3n) is 2.55. The van der Waals surface area contributed by atoms with Crippen LogP contribution in [0.15, 0.2) is 0 Å². The zero-order valence-corrected chi connectivity index (χ0v) is 8.85. The van der Waals surface area contributed by atoms with Gasteiger partial charge in [0.1, 0.15) is 0 Å². The molecule has 0 radical (unpaired) electrons. The monoisotopic (exact) mass is 206 g/mol. The summed E-state index contributed by atoms with van der Waals surface area (Å²) in [6, 6.07) is 0.588. The van der Waals surface area contributed by atoms with Gasteiger partial charge in [0.05, 0.1) is 5.75 Å². The molecule has 1 rings (SSSR count). The summed E-state index contributed by atoms with van der Waals surface area (Å²) < 4.78 is 19.1. The molecule has 1 heterocycles. The van der Waals surface area contributed by atoms with Gasteiger partial charge >= 0.3 is 0 Å². The van der Waals surface area contributed by atoms with E-state index >= 15 is 0 Å². The molecule has 0 aromatic heterocycles. The summed E-state index contributed by atoms with van der Waals surface area (Å²) in [7, 11) is 2.03. The lowest BCUT2D eigenvalue weighted by molar-refractivity contribution is 0.209. The van der Waals surface area contributed by atoms with Crippen molar-refractivity contribution in [2.75, 3.05) is 32.4 Å². The first kappa shape index (κ1) is 11.1. The lowest BCUT2D eigenvalue weighted by atomic mass is 10.1. The van der Waals surface area contributed by atoms with Crippen LogP contribution in [0.5, 0.6) is 0 Å². The van der Waals surface area contributed by atoms with Crippen LogP contribution in [0.1, 0.15) is 12.8 Å². The van der Waals surface area contributed by atoms with Gasteiger partial charge in [-0.25, -0.2) is 4.21 Å². The molecule has 0 aliphatic carbocycles. The number of nitrogens with zero attached hydrogens (tertiary/aromatic N) is 1. The first-order chi connectivity index (χ1) is 6.20. The molecule has 1 unspecified atom stereocenters. The molecule has 0 bridgehead atoms. The zero-order valence-electron chi connectivity index (χ0n) is 8.03. The Balaban J connectivity index is 2.20. The fraction of sp³-hybridized carbons (Fsp3) is 1.00. The zero-order chi connectivity index (χ0) is 9.68. The van der Waals surface area contributed by atoms with Crippen LogP contribution in [0, 0.1) is 0 Å². The van der Waals surface area contributed by atoms with E-state index in [4.69, 9.17) is 4.55 Å². The van der Waals surface area contributed by atoms with Gasteiger partial charge in [-0.15, -0.1) is 0 Å². The Morgan fingerprint density at radius 3 is 2.69 bits per heavy atom. The molecular weight excluding hydrogens is 188 g/mol. The van der Waals surface area contributed by atoms with E-state index in [1.54, 1.807) is 0 Å². The van der Waals surface area contributed by atoms with Gasteiger partial charge in [-0.1, -0.05) is 0 Å². The van der Waals surface area contributed by atoms with E-state index in [0.29, 0.717) is 18.3 Å². The first-order valence-corrected chi connectivity index (χ1v) is 5.96. The average molecular weight is 206 g/mol. The topological polar surface area (TPSA) is 52.6 Å². The maximum Gasteiger partial charge on any atom is 0.154 e. The number of hydrogen-bond donors (Lipinski definition) is 2. The van der Waals surface area contributed by atoms with E-state index in [1.165, 1.54) is 0 Å². The highest BCUT2D eigenvalue weighted by Gasteiger charge is 2.17. The summed E-state index contributed by atoms with van der Waals surface area (Å²) in [6.45, 7) is 2.85. The standard InChI is InChI=1S/C8H18N2O2S/c1-10(6-7-13(11)12)8-2-4-9-5-3-8/h8-9H,2-7H2,1H3,(H,11,12).